The van der Waals surface area contributed by atoms with Crippen LogP contribution in [0.2, 0.25) is 0 Å². The van der Waals surface area contributed by atoms with Crippen LogP contribution in [-0.4, -0.2) is 17.4 Å². The lowest BCUT2D eigenvalue weighted by Crippen LogP contribution is -2.67. The average Bonchev–Trinajstić information content (AvgIpc) is 2.12. The third-order valence-corrected chi connectivity index (χ3v) is 4.49. The summed E-state index contributed by atoms with van der Waals surface area (Å²) >= 11 is 0. The van der Waals surface area contributed by atoms with Gasteiger partial charge in [-0.15, -0.1) is 0 Å². The predicted molar refractivity (Wildman–Crippen MR) is 54.1 cm³/mol. The van der Waals surface area contributed by atoms with Crippen LogP contribution in [0, 0.1) is 11.8 Å². The molecular formula is C12H18O3. The molecule has 0 N–H and O–H groups in total. The van der Waals surface area contributed by atoms with Crippen LogP contribution in [0.25, 0.3) is 0 Å². The van der Waals surface area contributed by atoms with Crippen molar-refractivity contribution in [1.29, 1.82) is 0 Å². The van der Waals surface area contributed by atoms with Crippen LogP contribution in [0.5, 0.6) is 0 Å². The third kappa shape index (κ3) is 1.19. The SMILES string of the molecule is C[C@@]12CCCC[C@H]3C[C@@H](C(=O)O1)[C@@]3(C)O2. The van der Waals surface area contributed by atoms with Gasteiger partial charge < -0.3 is 9.47 Å². The second-order valence-corrected chi connectivity index (χ2v) is 5.57. The molecule has 4 atom stereocenters. The smallest absolute Gasteiger partial charge is 0.314 e. The molecule has 3 fully saturated rings. The van der Waals surface area contributed by atoms with Crippen molar-refractivity contribution < 1.29 is 14.3 Å². The minimum absolute atomic E-state index is 0.00586. The molecule has 2 heterocycles. The van der Waals surface area contributed by atoms with Crippen LogP contribution in [0.1, 0.15) is 46.0 Å². The van der Waals surface area contributed by atoms with Gasteiger partial charge in [0.05, 0.1) is 11.5 Å². The number of esters is 1. The molecule has 0 radical (unpaired) electrons. The van der Waals surface area contributed by atoms with Gasteiger partial charge in [0, 0.05) is 13.3 Å². The lowest BCUT2D eigenvalue weighted by atomic mass is 9.59. The van der Waals surface area contributed by atoms with Crippen LogP contribution in [-0.2, 0) is 14.3 Å². The molecule has 84 valence electrons. The van der Waals surface area contributed by atoms with Crippen molar-refractivity contribution in [3.05, 3.63) is 0 Å². The Kier molecular flexibility index (Phi) is 1.77. The summed E-state index contributed by atoms with van der Waals surface area (Å²) < 4.78 is 11.5. The van der Waals surface area contributed by atoms with Gasteiger partial charge in [0.2, 0.25) is 5.79 Å². The molecule has 2 bridgehead atoms. The lowest BCUT2D eigenvalue weighted by molar-refractivity contribution is -0.354. The van der Waals surface area contributed by atoms with Gasteiger partial charge in [-0.05, 0) is 32.1 Å². The third-order valence-electron chi connectivity index (χ3n) is 4.49. The quantitative estimate of drug-likeness (QED) is 0.575. The van der Waals surface area contributed by atoms with Crippen molar-refractivity contribution >= 4 is 5.97 Å². The zero-order chi connectivity index (χ0) is 10.7. The first kappa shape index (κ1) is 9.64. The molecule has 0 aromatic heterocycles. The Morgan fingerprint density at radius 3 is 2.93 bits per heavy atom. The second-order valence-electron chi connectivity index (χ2n) is 5.57. The van der Waals surface area contributed by atoms with Crippen LogP contribution >= 0.6 is 0 Å². The van der Waals surface area contributed by atoms with Crippen molar-refractivity contribution in [2.24, 2.45) is 11.8 Å². The molecule has 1 saturated carbocycles. The number of hydrogen-bond acceptors (Lipinski definition) is 3. The number of fused-ring (bicyclic) bond motifs is 1. The Labute approximate surface area is 90.1 Å². The Morgan fingerprint density at radius 2 is 2.13 bits per heavy atom. The highest BCUT2D eigenvalue weighted by Gasteiger charge is 2.63. The molecule has 15 heavy (non-hydrogen) atoms. The van der Waals surface area contributed by atoms with Gasteiger partial charge in [0.1, 0.15) is 0 Å². The van der Waals surface area contributed by atoms with Gasteiger partial charge in [0.25, 0.3) is 0 Å². The fourth-order valence-electron chi connectivity index (χ4n) is 3.47. The summed E-state index contributed by atoms with van der Waals surface area (Å²) in [6.45, 7) is 4.00. The minimum atomic E-state index is -0.651. The van der Waals surface area contributed by atoms with Crippen molar-refractivity contribution in [2.45, 2.75) is 57.3 Å². The molecule has 1 aliphatic carbocycles. The molecule has 0 spiro atoms. The number of ether oxygens (including phenoxy) is 2. The van der Waals surface area contributed by atoms with Crippen LogP contribution in [0.4, 0.5) is 0 Å². The van der Waals surface area contributed by atoms with Gasteiger partial charge >= 0.3 is 5.97 Å². The van der Waals surface area contributed by atoms with E-state index < -0.39 is 5.79 Å². The van der Waals surface area contributed by atoms with Gasteiger partial charge in [-0.1, -0.05) is 6.42 Å². The molecule has 0 aromatic carbocycles. The maximum absolute atomic E-state index is 11.8. The molecule has 2 aliphatic heterocycles. The number of carbonyl (C=O) groups excluding carboxylic acids is 1. The molecule has 3 heteroatoms. The Hall–Kier alpha value is -0.570. The lowest BCUT2D eigenvalue weighted by Gasteiger charge is -2.60. The zero-order valence-corrected chi connectivity index (χ0v) is 9.41. The average molecular weight is 210 g/mol. The van der Waals surface area contributed by atoms with E-state index in [1.54, 1.807) is 0 Å². The molecule has 3 rings (SSSR count). The summed E-state index contributed by atoms with van der Waals surface area (Å²) in [5.74, 6) is -0.130. The molecule has 0 amide bonds. The largest absolute Gasteiger partial charge is 0.433 e. The molecule has 2 saturated heterocycles. The van der Waals surface area contributed by atoms with Crippen LogP contribution in [0.3, 0.4) is 0 Å². The molecular weight excluding hydrogens is 192 g/mol. The summed E-state index contributed by atoms with van der Waals surface area (Å²) in [7, 11) is 0. The summed E-state index contributed by atoms with van der Waals surface area (Å²) in [4.78, 5) is 11.8. The monoisotopic (exact) mass is 210 g/mol. The number of carbonyl (C=O) groups is 1. The van der Waals surface area contributed by atoms with Crippen molar-refractivity contribution in [3.63, 3.8) is 0 Å². The zero-order valence-electron chi connectivity index (χ0n) is 9.41. The van der Waals surface area contributed by atoms with E-state index in [-0.39, 0.29) is 17.5 Å². The van der Waals surface area contributed by atoms with E-state index in [0.29, 0.717) is 5.92 Å². The molecule has 0 unspecified atom stereocenters. The van der Waals surface area contributed by atoms with E-state index in [0.717, 1.165) is 19.3 Å². The fourth-order valence-corrected chi connectivity index (χ4v) is 3.47. The number of hydrogen-bond donors (Lipinski definition) is 0. The van der Waals surface area contributed by atoms with E-state index in [9.17, 15) is 4.79 Å². The van der Waals surface area contributed by atoms with E-state index in [1.165, 1.54) is 12.8 Å². The molecule has 3 aliphatic rings. The maximum atomic E-state index is 11.8. The first-order valence-corrected chi connectivity index (χ1v) is 5.96. The van der Waals surface area contributed by atoms with E-state index in [4.69, 9.17) is 9.47 Å². The van der Waals surface area contributed by atoms with Gasteiger partial charge in [-0.3, -0.25) is 4.79 Å². The van der Waals surface area contributed by atoms with Crippen LogP contribution < -0.4 is 0 Å². The van der Waals surface area contributed by atoms with E-state index >= 15 is 0 Å². The minimum Gasteiger partial charge on any atom is -0.433 e. The summed E-state index contributed by atoms with van der Waals surface area (Å²) in [5, 5.41) is 0. The van der Waals surface area contributed by atoms with Crippen molar-refractivity contribution in [3.8, 4) is 0 Å². The second kappa shape index (κ2) is 2.76. The van der Waals surface area contributed by atoms with E-state index in [2.05, 4.69) is 6.92 Å². The standard InChI is InChI=1S/C12H18O3/c1-11-6-4-3-5-8-7-9(10(13)14-11)12(8,2)15-11/h8-9H,3-7H2,1-2H3/t8-,9-,11+,12-/m0/s1. The van der Waals surface area contributed by atoms with E-state index in [1.807, 2.05) is 6.92 Å². The van der Waals surface area contributed by atoms with Crippen molar-refractivity contribution in [1.82, 2.24) is 0 Å². The van der Waals surface area contributed by atoms with Gasteiger partial charge in [-0.2, -0.15) is 0 Å². The summed E-state index contributed by atoms with van der Waals surface area (Å²) in [6.07, 6.45) is 5.35. The van der Waals surface area contributed by atoms with Crippen LogP contribution in [0.15, 0.2) is 0 Å². The predicted octanol–water partition coefficient (Wildman–Crippen LogP) is 2.24. The van der Waals surface area contributed by atoms with Gasteiger partial charge in [0.15, 0.2) is 0 Å². The fraction of sp³-hybridized carbons (Fsp3) is 0.917. The molecule has 0 aromatic rings. The highest BCUT2D eigenvalue weighted by atomic mass is 16.7. The first-order valence-electron chi connectivity index (χ1n) is 5.96. The maximum Gasteiger partial charge on any atom is 0.314 e. The summed E-state index contributed by atoms with van der Waals surface area (Å²) in [6, 6.07) is 0. The van der Waals surface area contributed by atoms with Gasteiger partial charge in [-0.25, -0.2) is 0 Å². The number of rotatable bonds is 0. The molecule has 3 nitrogen and oxygen atoms in total. The highest BCUT2D eigenvalue weighted by Crippen LogP contribution is 2.56. The van der Waals surface area contributed by atoms with Crippen molar-refractivity contribution in [2.75, 3.05) is 0 Å². The Morgan fingerprint density at radius 1 is 1.33 bits per heavy atom. The first-order chi connectivity index (χ1) is 7.04. The topological polar surface area (TPSA) is 35.5 Å². The normalized spacial score (nSPS) is 53.6. The Balaban J connectivity index is 1.95. The highest BCUT2D eigenvalue weighted by molar-refractivity contribution is 5.76. The Bertz CT molecular complexity index is 314. The summed E-state index contributed by atoms with van der Waals surface area (Å²) in [5.41, 5.74) is -0.232.